The molecule has 19 heavy (non-hydrogen) atoms. The normalized spacial score (nSPS) is 23.6. The highest BCUT2D eigenvalue weighted by Crippen LogP contribution is 2.40. The second-order valence-corrected chi connectivity index (χ2v) is 7.17. The molecule has 104 valence electrons. The number of rotatable bonds is 3. The summed E-state index contributed by atoms with van der Waals surface area (Å²) in [5.74, 6) is 1.48. The molecule has 0 saturated carbocycles. The third-order valence-corrected chi connectivity index (χ3v) is 5.07. The van der Waals surface area contributed by atoms with E-state index in [0.717, 1.165) is 10.2 Å². The number of carbonyl (C=O) groups excluding carboxylic acids is 1. The average Bonchev–Trinajstić information content (AvgIpc) is 2.32. The molecule has 5 heteroatoms. The second kappa shape index (κ2) is 6.29. The predicted octanol–water partition coefficient (Wildman–Crippen LogP) is 3.09. The lowest BCUT2D eigenvalue weighted by molar-refractivity contribution is -0.122. The number of amides is 1. The Labute approximate surface area is 126 Å². The number of fused-ring (bicyclic) bond motifs is 1. The first-order valence-electron chi connectivity index (χ1n) is 6.44. The first-order valence-corrected chi connectivity index (χ1v) is 8.22. The van der Waals surface area contributed by atoms with E-state index in [1.165, 1.54) is 10.5 Å². The Morgan fingerprint density at radius 1 is 1.63 bits per heavy atom. The second-order valence-electron chi connectivity index (χ2n) is 5.20. The summed E-state index contributed by atoms with van der Waals surface area (Å²) >= 11 is 5.36. The highest BCUT2D eigenvalue weighted by molar-refractivity contribution is 9.10. The van der Waals surface area contributed by atoms with Crippen LogP contribution in [0.4, 0.5) is 0 Å². The third-order valence-electron chi connectivity index (χ3n) is 3.20. The standard InChI is InChI=1S/C14H19BrN2OS/c1-8-7-19-12-4-3-10(15)6-11(12)14(8)17-13(18)5-9(2)16/h3-4,6,8-9,14H,5,7,16H2,1-2H3,(H,17,18). The fourth-order valence-corrected chi connectivity index (χ4v) is 3.79. The zero-order valence-electron chi connectivity index (χ0n) is 11.2. The molecule has 0 saturated heterocycles. The molecule has 1 amide bonds. The van der Waals surface area contributed by atoms with E-state index in [1.54, 1.807) is 0 Å². The zero-order chi connectivity index (χ0) is 14.0. The van der Waals surface area contributed by atoms with Crippen molar-refractivity contribution in [1.82, 2.24) is 5.32 Å². The molecule has 1 aromatic carbocycles. The molecule has 1 aromatic rings. The molecular formula is C14H19BrN2OS. The molecule has 0 fully saturated rings. The van der Waals surface area contributed by atoms with Crippen molar-refractivity contribution in [2.75, 3.05) is 5.75 Å². The smallest absolute Gasteiger partial charge is 0.222 e. The van der Waals surface area contributed by atoms with Crippen molar-refractivity contribution in [3.05, 3.63) is 28.2 Å². The van der Waals surface area contributed by atoms with E-state index in [0.29, 0.717) is 12.3 Å². The lowest BCUT2D eigenvalue weighted by Gasteiger charge is -2.32. The summed E-state index contributed by atoms with van der Waals surface area (Å²) in [7, 11) is 0. The highest BCUT2D eigenvalue weighted by Gasteiger charge is 2.28. The summed E-state index contributed by atoms with van der Waals surface area (Å²) in [5.41, 5.74) is 6.88. The Hall–Kier alpha value is -0.520. The average molecular weight is 343 g/mol. The van der Waals surface area contributed by atoms with E-state index in [-0.39, 0.29) is 18.0 Å². The molecule has 1 aliphatic rings. The minimum absolute atomic E-state index is 0.0321. The molecule has 3 unspecified atom stereocenters. The lowest BCUT2D eigenvalue weighted by Crippen LogP contribution is -2.37. The zero-order valence-corrected chi connectivity index (χ0v) is 13.6. The molecule has 1 aliphatic heterocycles. The summed E-state index contributed by atoms with van der Waals surface area (Å²) in [6, 6.07) is 6.24. The monoisotopic (exact) mass is 342 g/mol. The number of hydrogen-bond acceptors (Lipinski definition) is 3. The van der Waals surface area contributed by atoms with Crippen molar-refractivity contribution in [2.24, 2.45) is 11.7 Å². The van der Waals surface area contributed by atoms with Gasteiger partial charge in [-0.1, -0.05) is 22.9 Å². The fourth-order valence-electron chi connectivity index (χ4n) is 2.26. The van der Waals surface area contributed by atoms with Crippen molar-refractivity contribution < 1.29 is 4.79 Å². The maximum atomic E-state index is 12.0. The quantitative estimate of drug-likeness (QED) is 0.887. The molecule has 0 aliphatic carbocycles. The topological polar surface area (TPSA) is 55.1 Å². The van der Waals surface area contributed by atoms with Crippen molar-refractivity contribution >= 4 is 33.6 Å². The van der Waals surface area contributed by atoms with Crippen molar-refractivity contribution in [1.29, 1.82) is 0 Å². The van der Waals surface area contributed by atoms with Gasteiger partial charge in [-0.2, -0.15) is 0 Å². The van der Waals surface area contributed by atoms with Crippen molar-refractivity contribution in [2.45, 2.75) is 37.2 Å². The summed E-state index contributed by atoms with van der Waals surface area (Å²) in [6.45, 7) is 4.03. The molecule has 0 aromatic heterocycles. The molecular weight excluding hydrogens is 324 g/mol. The summed E-state index contributed by atoms with van der Waals surface area (Å²) in [4.78, 5) is 13.2. The van der Waals surface area contributed by atoms with Crippen LogP contribution in [0.1, 0.15) is 31.9 Å². The minimum Gasteiger partial charge on any atom is -0.349 e. The van der Waals surface area contributed by atoms with E-state index in [2.05, 4.69) is 40.3 Å². The number of hydrogen-bond donors (Lipinski definition) is 2. The Morgan fingerprint density at radius 2 is 2.37 bits per heavy atom. The number of thioether (sulfide) groups is 1. The van der Waals surface area contributed by atoms with Gasteiger partial charge in [-0.25, -0.2) is 0 Å². The van der Waals surface area contributed by atoms with Crippen LogP contribution < -0.4 is 11.1 Å². The number of carbonyl (C=O) groups is 1. The fraction of sp³-hybridized carbons (Fsp3) is 0.500. The Bertz CT molecular complexity index is 479. The van der Waals surface area contributed by atoms with Gasteiger partial charge in [-0.05, 0) is 36.6 Å². The van der Waals surface area contributed by atoms with E-state index >= 15 is 0 Å². The SMILES string of the molecule is CC(N)CC(=O)NC1c2cc(Br)ccc2SCC1C. The largest absolute Gasteiger partial charge is 0.349 e. The summed E-state index contributed by atoms with van der Waals surface area (Å²) in [6.07, 6.45) is 0.375. The first kappa shape index (κ1) is 14.9. The minimum atomic E-state index is -0.102. The summed E-state index contributed by atoms with van der Waals surface area (Å²) in [5, 5.41) is 3.13. The van der Waals surface area contributed by atoms with Crippen molar-refractivity contribution in [3.63, 3.8) is 0 Å². The van der Waals surface area contributed by atoms with E-state index < -0.39 is 0 Å². The van der Waals surface area contributed by atoms with Crippen LogP contribution in [-0.4, -0.2) is 17.7 Å². The molecule has 3 nitrogen and oxygen atoms in total. The van der Waals surface area contributed by atoms with Gasteiger partial charge in [-0.15, -0.1) is 11.8 Å². The van der Waals surface area contributed by atoms with Crippen LogP contribution in [0.3, 0.4) is 0 Å². The molecule has 0 spiro atoms. The van der Waals surface area contributed by atoms with Crippen LogP contribution in [0, 0.1) is 5.92 Å². The molecule has 0 bridgehead atoms. The maximum Gasteiger partial charge on any atom is 0.222 e. The van der Waals surface area contributed by atoms with Gasteiger partial charge in [0.25, 0.3) is 0 Å². The Morgan fingerprint density at radius 3 is 3.05 bits per heavy atom. The number of benzene rings is 1. The van der Waals surface area contributed by atoms with Crippen LogP contribution in [0.2, 0.25) is 0 Å². The Kier molecular flexibility index (Phi) is 4.92. The van der Waals surface area contributed by atoms with Crippen LogP contribution in [0.15, 0.2) is 27.6 Å². The van der Waals surface area contributed by atoms with Gasteiger partial charge in [0.15, 0.2) is 0 Å². The first-order chi connectivity index (χ1) is 8.97. The summed E-state index contributed by atoms with van der Waals surface area (Å²) < 4.78 is 1.05. The van der Waals surface area contributed by atoms with Gasteiger partial charge < -0.3 is 11.1 Å². The van der Waals surface area contributed by atoms with Gasteiger partial charge in [0, 0.05) is 27.6 Å². The van der Waals surface area contributed by atoms with Crippen LogP contribution in [-0.2, 0) is 4.79 Å². The predicted molar refractivity (Wildman–Crippen MR) is 83.2 cm³/mol. The maximum absolute atomic E-state index is 12.0. The van der Waals surface area contributed by atoms with Gasteiger partial charge in [0.05, 0.1) is 6.04 Å². The van der Waals surface area contributed by atoms with Gasteiger partial charge in [0.1, 0.15) is 0 Å². The highest BCUT2D eigenvalue weighted by atomic mass is 79.9. The molecule has 3 atom stereocenters. The number of nitrogens with two attached hydrogens (primary N) is 1. The molecule has 1 heterocycles. The van der Waals surface area contributed by atoms with E-state index in [4.69, 9.17) is 5.73 Å². The van der Waals surface area contributed by atoms with E-state index in [9.17, 15) is 4.79 Å². The number of nitrogens with one attached hydrogen (secondary N) is 1. The van der Waals surface area contributed by atoms with E-state index in [1.807, 2.05) is 24.8 Å². The molecule has 3 N–H and O–H groups in total. The lowest BCUT2D eigenvalue weighted by atomic mass is 9.95. The molecule has 2 rings (SSSR count). The van der Waals surface area contributed by atoms with Crippen LogP contribution >= 0.6 is 27.7 Å². The van der Waals surface area contributed by atoms with Crippen LogP contribution in [0.5, 0.6) is 0 Å². The molecule has 0 radical (unpaired) electrons. The van der Waals surface area contributed by atoms with Crippen molar-refractivity contribution in [3.8, 4) is 0 Å². The number of halogens is 1. The van der Waals surface area contributed by atoms with Crippen LogP contribution in [0.25, 0.3) is 0 Å². The third kappa shape index (κ3) is 3.74. The Balaban J connectivity index is 2.20. The van der Waals surface area contributed by atoms with Gasteiger partial charge in [-0.3, -0.25) is 4.79 Å². The van der Waals surface area contributed by atoms with Gasteiger partial charge >= 0.3 is 0 Å². The van der Waals surface area contributed by atoms with Gasteiger partial charge in [0.2, 0.25) is 5.91 Å².